The van der Waals surface area contributed by atoms with Crippen molar-refractivity contribution in [1.29, 1.82) is 5.26 Å². The van der Waals surface area contributed by atoms with Crippen molar-refractivity contribution in [3.8, 4) is 18.0 Å². The third-order valence-corrected chi connectivity index (χ3v) is 6.27. The minimum absolute atomic E-state index is 0.0479. The first-order chi connectivity index (χ1) is 15.9. The molecular weight excluding hydrogens is 438 g/mol. The molecule has 9 heteroatoms. The highest BCUT2D eigenvalue weighted by molar-refractivity contribution is 7.92. The Morgan fingerprint density at radius 2 is 1.79 bits per heavy atom. The van der Waals surface area contributed by atoms with Gasteiger partial charge in [-0.25, -0.2) is 18.3 Å². The fourth-order valence-corrected chi connectivity index (χ4v) is 4.09. The van der Waals surface area contributed by atoms with E-state index in [1.807, 2.05) is 6.19 Å². The lowest BCUT2D eigenvalue weighted by Gasteiger charge is -2.15. The summed E-state index contributed by atoms with van der Waals surface area (Å²) in [5.74, 6) is 5.75. The van der Waals surface area contributed by atoms with E-state index in [4.69, 9.17) is 5.73 Å². The number of aromatic nitrogens is 1. The third-order valence-electron chi connectivity index (χ3n) is 4.87. The van der Waals surface area contributed by atoms with Crippen LogP contribution >= 0.6 is 0 Å². The Labute approximate surface area is 191 Å². The van der Waals surface area contributed by atoms with Gasteiger partial charge in [0.1, 0.15) is 11.5 Å². The normalized spacial score (nSPS) is 12.7. The van der Waals surface area contributed by atoms with Crippen molar-refractivity contribution >= 4 is 33.1 Å². The number of pyridine rings is 1. The van der Waals surface area contributed by atoms with Gasteiger partial charge in [-0.1, -0.05) is 18.1 Å². The molecule has 4 rings (SSSR count). The maximum absolute atomic E-state index is 12.8. The van der Waals surface area contributed by atoms with Gasteiger partial charge in [0.25, 0.3) is 10.0 Å². The number of hydrogen-bond donors (Lipinski definition) is 2. The zero-order valence-corrected chi connectivity index (χ0v) is 18.2. The van der Waals surface area contributed by atoms with Gasteiger partial charge in [0.2, 0.25) is 5.91 Å². The van der Waals surface area contributed by atoms with Crippen molar-refractivity contribution in [2.75, 3.05) is 15.4 Å². The van der Waals surface area contributed by atoms with Gasteiger partial charge in [-0.05, 0) is 73.4 Å². The lowest BCUT2D eigenvalue weighted by atomic mass is 10.2. The second-order valence-corrected chi connectivity index (χ2v) is 9.11. The van der Waals surface area contributed by atoms with E-state index in [2.05, 4.69) is 21.5 Å². The minimum atomic E-state index is -3.89. The van der Waals surface area contributed by atoms with Crippen molar-refractivity contribution in [2.45, 2.75) is 17.7 Å². The summed E-state index contributed by atoms with van der Waals surface area (Å²) in [6.45, 7) is 0. The quantitative estimate of drug-likeness (QED) is 0.344. The Balaban J connectivity index is 1.50. The van der Waals surface area contributed by atoms with Crippen LogP contribution in [0.4, 0.5) is 17.2 Å². The van der Waals surface area contributed by atoms with Gasteiger partial charge in [-0.2, -0.15) is 5.26 Å². The van der Waals surface area contributed by atoms with E-state index >= 15 is 0 Å². The lowest BCUT2D eigenvalue weighted by molar-refractivity contribution is -0.119. The van der Waals surface area contributed by atoms with Crippen LogP contribution in [0.15, 0.2) is 71.6 Å². The Hall–Kier alpha value is -4.34. The number of amides is 1. The predicted molar refractivity (Wildman–Crippen MR) is 124 cm³/mol. The summed E-state index contributed by atoms with van der Waals surface area (Å²) in [4.78, 5) is 17.4. The van der Waals surface area contributed by atoms with Crippen LogP contribution in [0.2, 0.25) is 0 Å². The molecule has 2 aromatic carbocycles. The Morgan fingerprint density at radius 3 is 2.45 bits per heavy atom. The second-order valence-electron chi connectivity index (χ2n) is 7.43. The zero-order chi connectivity index (χ0) is 23.4. The van der Waals surface area contributed by atoms with E-state index in [0.29, 0.717) is 22.8 Å². The maximum Gasteiger partial charge on any atom is 0.261 e. The van der Waals surface area contributed by atoms with E-state index in [1.54, 1.807) is 48.5 Å². The molecular formula is C24H19N5O3S. The molecule has 1 saturated carbocycles. The summed E-state index contributed by atoms with van der Waals surface area (Å²) >= 11 is 0. The molecule has 0 spiro atoms. The van der Waals surface area contributed by atoms with Crippen LogP contribution in [0, 0.1) is 29.2 Å². The first kappa shape index (κ1) is 21.9. The summed E-state index contributed by atoms with van der Waals surface area (Å²) in [7, 11) is -3.89. The molecule has 0 radical (unpaired) electrons. The first-order valence-corrected chi connectivity index (χ1v) is 11.6. The van der Waals surface area contributed by atoms with Gasteiger partial charge in [-0.3, -0.25) is 9.52 Å². The van der Waals surface area contributed by atoms with Crippen LogP contribution < -0.4 is 15.4 Å². The SMILES string of the molecule is N#CN(C(=O)C1CC1)c1cccc(NS(=O)(=O)c2ccc(C#Cc3cccc(N)n3)cc2)c1. The number of hydrogen-bond acceptors (Lipinski definition) is 6. The molecule has 0 saturated heterocycles. The fraction of sp³-hybridized carbons (Fsp3) is 0.125. The summed E-state index contributed by atoms with van der Waals surface area (Å²) in [5, 5.41) is 9.38. The summed E-state index contributed by atoms with van der Waals surface area (Å²) in [6, 6.07) is 17.4. The zero-order valence-electron chi connectivity index (χ0n) is 17.4. The van der Waals surface area contributed by atoms with Gasteiger partial charge < -0.3 is 5.73 Å². The number of carbonyl (C=O) groups excluding carboxylic acids is 1. The number of carbonyl (C=O) groups is 1. The molecule has 0 atom stereocenters. The van der Waals surface area contributed by atoms with Crippen LogP contribution in [0.25, 0.3) is 0 Å². The van der Waals surface area contributed by atoms with Crippen LogP contribution in [0.3, 0.4) is 0 Å². The topological polar surface area (TPSA) is 129 Å². The molecule has 0 aliphatic heterocycles. The molecule has 164 valence electrons. The predicted octanol–water partition coefficient (Wildman–Crippen LogP) is 3.09. The van der Waals surface area contributed by atoms with Crippen molar-refractivity contribution in [3.05, 3.63) is 78.0 Å². The van der Waals surface area contributed by atoms with E-state index in [-0.39, 0.29) is 22.4 Å². The molecule has 1 heterocycles. The first-order valence-electron chi connectivity index (χ1n) is 10.1. The molecule has 1 aliphatic carbocycles. The van der Waals surface area contributed by atoms with Gasteiger partial charge >= 0.3 is 0 Å². The van der Waals surface area contributed by atoms with Gasteiger partial charge in [-0.15, -0.1) is 0 Å². The van der Waals surface area contributed by atoms with Gasteiger partial charge in [0, 0.05) is 11.5 Å². The number of benzene rings is 2. The van der Waals surface area contributed by atoms with Crippen LogP contribution in [0.5, 0.6) is 0 Å². The molecule has 8 nitrogen and oxygen atoms in total. The highest BCUT2D eigenvalue weighted by Crippen LogP contribution is 2.33. The van der Waals surface area contributed by atoms with E-state index < -0.39 is 10.0 Å². The van der Waals surface area contributed by atoms with E-state index in [9.17, 15) is 18.5 Å². The fourth-order valence-electron chi connectivity index (χ4n) is 3.04. The standard InChI is InChI=1S/C24H19N5O3S/c25-16-29(24(30)18-10-11-18)21-5-1-4-20(15-21)28-33(31,32)22-13-8-17(9-14-22)7-12-19-3-2-6-23(26)27-19/h1-6,8-9,13-15,18,28H,10-11H2,(H2,26,27). The van der Waals surface area contributed by atoms with Crippen molar-refractivity contribution in [2.24, 2.45) is 5.92 Å². The largest absolute Gasteiger partial charge is 0.384 e. The molecule has 1 fully saturated rings. The van der Waals surface area contributed by atoms with Crippen LogP contribution in [-0.2, 0) is 14.8 Å². The lowest BCUT2D eigenvalue weighted by Crippen LogP contribution is -2.27. The van der Waals surface area contributed by atoms with E-state index in [1.165, 1.54) is 18.2 Å². The number of nitrogens with one attached hydrogen (secondary N) is 1. The number of nitriles is 1. The highest BCUT2D eigenvalue weighted by Gasteiger charge is 2.34. The average molecular weight is 458 g/mol. The van der Waals surface area contributed by atoms with Crippen molar-refractivity contribution in [1.82, 2.24) is 4.98 Å². The van der Waals surface area contributed by atoms with E-state index in [0.717, 1.165) is 17.7 Å². The number of nitrogen functional groups attached to an aromatic ring is 1. The van der Waals surface area contributed by atoms with Crippen LogP contribution in [0.1, 0.15) is 24.1 Å². The van der Waals surface area contributed by atoms with Gasteiger partial charge in [0.05, 0.1) is 16.3 Å². The maximum atomic E-state index is 12.8. The second kappa shape index (κ2) is 9.03. The molecule has 3 aromatic rings. The number of nitrogens with zero attached hydrogens (tertiary/aromatic N) is 3. The molecule has 3 N–H and O–H groups in total. The molecule has 1 amide bonds. The van der Waals surface area contributed by atoms with Crippen LogP contribution in [-0.4, -0.2) is 19.3 Å². The molecule has 33 heavy (non-hydrogen) atoms. The van der Waals surface area contributed by atoms with Crippen molar-refractivity contribution < 1.29 is 13.2 Å². The minimum Gasteiger partial charge on any atom is -0.384 e. The summed E-state index contributed by atoms with van der Waals surface area (Å²) in [6.07, 6.45) is 3.40. The smallest absolute Gasteiger partial charge is 0.261 e. The number of nitrogens with two attached hydrogens (primary N) is 1. The summed E-state index contributed by atoms with van der Waals surface area (Å²) < 4.78 is 28.1. The van der Waals surface area contributed by atoms with Crippen molar-refractivity contribution in [3.63, 3.8) is 0 Å². The Kier molecular flexibility index (Phi) is 5.99. The monoisotopic (exact) mass is 457 g/mol. The Morgan fingerprint density at radius 1 is 1.06 bits per heavy atom. The molecule has 1 aliphatic rings. The molecule has 0 bridgehead atoms. The summed E-state index contributed by atoms with van der Waals surface area (Å²) in [5.41, 5.74) is 7.32. The highest BCUT2D eigenvalue weighted by atomic mass is 32.2. The average Bonchev–Trinajstić information content (AvgIpc) is 3.64. The number of anilines is 3. The molecule has 0 unspecified atom stereocenters. The number of sulfonamides is 1. The molecule has 1 aromatic heterocycles. The third kappa shape index (κ3) is 5.29. The number of rotatable bonds is 5. The Bertz CT molecular complexity index is 1410. The van der Waals surface area contributed by atoms with Gasteiger partial charge in [0.15, 0.2) is 6.19 Å².